The van der Waals surface area contributed by atoms with Crippen LogP contribution in [0.5, 0.6) is 11.5 Å². The van der Waals surface area contributed by atoms with Crippen LogP contribution in [0.3, 0.4) is 0 Å². The largest absolute Gasteiger partial charge is 0.490 e. The third-order valence-electron chi connectivity index (χ3n) is 7.44. The highest BCUT2D eigenvalue weighted by molar-refractivity contribution is 5.92. The van der Waals surface area contributed by atoms with E-state index in [-0.39, 0.29) is 6.10 Å². The van der Waals surface area contributed by atoms with E-state index in [9.17, 15) is 5.26 Å². The van der Waals surface area contributed by atoms with E-state index >= 15 is 0 Å². The molecule has 3 aliphatic rings. The summed E-state index contributed by atoms with van der Waals surface area (Å²) in [5, 5.41) is 10.4. The Bertz CT molecular complexity index is 1310. The minimum atomic E-state index is 0.0882. The average Bonchev–Trinajstić information content (AvgIpc) is 3.38. The predicted molar refractivity (Wildman–Crippen MR) is 133 cm³/mol. The number of aromatic nitrogens is 4. The van der Waals surface area contributed by atoms with Gasteiger partial charge >= 0.3 is 0 Å². The fourth-order valence-corrected chi connectivity index (χ4v) is 5.64. The van der Waals surface area contributed by atoms with Gasteiger partial charge in [0.1, 0.15) is 24.0 Å². The lowest BCUT2D eigenvalue weighted by molar-refractivity contribution is 0.122. The third kappa shape index (κ3) is 4.53. The lowest BCUT2D eigenvalue weighted by atomic mass is 9.84. The zero-order valence-corrected chi connectivity index (χ0v) is 20.6. The van der Waals surface area contributed by atoms with Crippen molar-refractivity contribution in [3.05, 3.63) is 41.4 Å². The molecule has 0 N–H and O–H groups in total. The Labute approximate surface area is 210 Å². The molecule has 1 aliphatic carbocycles. The Morgan fingerprint density at radius 2 is 1.92 bits per heavy atom. The van der Waals surface area contributed by atoms with Crippen LogP contribution in [-0.4, -0.2) is 59.0 Å². The molecule has 186 valence electrons. The predicted octanol–water partition coefficient (Wildman–Crippen LogP) is 3.55. The van der Waals surface area contributed by atoms with Crippen LogP contribution < -0.4 is 14.4 Å². The number of anilines is 1. The minimum absolute atomic E-state index is 0.0882. The maximum absolute atomic E-state index is 9.70. The van der Waals surface area contributed by atoms with Gasteiger partial charge in [-0.1, -0.05) is 0 Å². The molecule has 3 aromatic rings. The molecule has 1 saturated carbocycles. The van der Waals surface area contributed by atoms with Crippen molar-refractivity contribution >= 4 is 16.6 Å². The van der Waals surface area contributed by atoms with Crippen LogP contribution in [-0.2, 0) is 17.6 Å². The second-order valence-corrected chi connectivity index (χ2v) is 9.83. The van der Waals surface area contributed by atoms with Gasteiger partial charge in [0, 0.05) is 31.3 Å². The van der Waals surface area contributed by atoms with E-state index in [0.717, 1.165) is 85.8 Å². The van der Waals surface area contributed by atoms with Crippen molar-refractivity contribution in [2.24, 2.45) is 5.92 Å². The van der Waals surface area contributed by atoms with Gasteiger partial charge in [0.15, 0.2) is 11.4 Å². The number of ether oxygens (including phenoxy) is 3. The molecule has 36 heavy (non-hydrogen) atoms. The van der Waals surface area contributed by atoms with Crippen LogP contribution in [0.2, 0.25) is 0 Å². The normalized spacial score (nSPS) is 21.6. The van der Waals surface area contributed by atoms with Crippen molar-refractivity contribution in [2.75, 3.05) is 37.8 Å². The van der Waals surface area contributed by atoms with Gasteiger partial charge in [0.2, 0.25) is 0 Å². The van der Waals surface area contributed by atoms with Crippen molar-refractivity contribution in [3.63, 3.8) is 0 Å². The molecule has 6 rings (SSSR count). The Morgan fingerprint density at radius 1 is 1.08 bits per heavy atom. The molecule has 1 aromatic carbocycles. The summed E-state index contributed by atoms with van der Waals surface area (Å²) in [7, 11) is 0. The summed E-state index contributed by atoms with van der Waals surface area (Å²) < 4.78 is 18.0. The highest BCUT2D eigenvalue weighted by Gasteiger charge is 2.28. The summed E-state index contributed by atoms with van der Waals surface area (Å²) in [6.07, 6.45) is 7.36. The molecule has 2 aromatic heterocycles. The van der Waals surface area contributed by atoms with E-state index in [1.54, 1.807) is 0 Å². The number of aryl methyl sites for hydroxylation is 1. The van der Waals surface area contributed by atoms with Crippen LogP contribution in [0.4, 0.5) is 5.69 Å². The first kappa shape index (κ1) is 22.9. The molecule has 0 atom stereocenters. The Balaban J connectivity index is 1.19. The van der Waals surface area contributed by atoms with Crippen LogP contribution in [0.1, 0.15) is 48.6 Å². The zero-order valence-electron chi connectivity index (χ0n) is 20.6. The number of fused-ring (bicyclic) bond motifs is 2. The van der Waals surface area contributed by atoms with Crippen molar-refractivity contribution in [2.45, 2.75) is 51.6 Å². The van der Waals surface area contributed by atoms with E-state index < -0.39 is 0 Å². The van der Waals surface area contributed by atoms with Gasteiger partial charge in [-0.2, -0.15) is 5.26 Å². The molecule has 1 saturated heterocycles. The number of nitrogens with zero attached hydrogens (tertiary/aromatic N) is 6. The minimum Gasteiger partial charge on any atom is -0.490 e. The smallest absolute Gasteiger partial charge is 0.162 e. The maximum Gasteiger partial charge on any atom is 0.162 e. The molecule has 2 fully saturated rings. The molecule has 0 amide bonds. The van der Waals surface area contributed by atoms with Gasteiger partial charge < -0.3 is 19.1 Å². The number of morpholine rings is 1. The number of hydrogen-bond donors (Lipinski definition) is 0. The molecular formula is C27H30N6O3. The molecule has 0 spiro atoms. The van der Waals surface area contributed by atoms with Gasteiger partial charge in [0.25, 0.3) is 0 Å². The van der Waals surface area contributed by atoms with Crippen molar-refractivity contribution in [1.29, 1.82) is 5.26 Å². The molecule has 0 radical (unpaired) electrons. The van der Waals surface area contributed by atoms with Crippen LogP contribution >= 0.6 is 0 Å². The molecular weight excluding hydrogens is 456 g/mol. The summed E-state index contributed by atoms with van der Waals surface area (Å²) in [6, 6.07) is 6.29. The summed E-state index contributed by atoms with van der Waals surface area (Å²) in [5.41, 5.74) is 4.24. The maximum atomic E-state index is 9.70. The van der Waals surface area contributed by atoms with E-state index in [2.05, 4.69) is 25.9 Å². The van der Waals surface area contributed by atoms with E-state index in [1.165, 1.54) is 6.33 Å². The first-order valence-electron chi connectivity index (χ1n) is 12.9. The van der Waals surface area contributed by atoms with Gasteiger partial charge in [-0.15, -0.1) is 0 Å². The molecule has 9 nitrogen and oxygen atoms in total. The quantitative estimate of drug-likeness (QED) is 0.535. The van der Waals surface area contributed by atoms with Gasteiger partial charge in [-0.05, 0) is 51.0 Å². The van der Waals surface area contributed by atoms with Crippen LogP contribution in [0, 0.1) is 24.2 Å². The van der Waals surface area contributed by atoms with Gasteiger partial charge in [0.05, 0.1) is 48.2 Å². The standard InChI is InChI=1S/C27H30N6O3/c1-17-31-21-6-9-35-27(21)23(32-17)12-18-2-4-20(5-3-18)36-25-14-19(33-7-10-34-11-8-33)13-22-26(25)24(15-28)30-16-29-22/h13-14,16,18,20H,2-12H2,1H3. The summed E-state index contributed by atoms with van der Waals surface area (Å²) in [6.45, 7) is 5.70. The summed E-state index contributed by atoms with van der Waals surface area (Å²) in [5.74, 6) is 2.98. The highest BCUT2D eigenvalue weighted by atomic mass is 16.5. The fraction of sp³-hybridized carbons (Fsp3) is 0.519. The van der Waals surface area contributed by atoms with E-state index in [4.69, 9.17) is 19.2 Å². The van der Waals surface area contributed by atoms with Crippen molar-refractivity contribution in [3.8, 4) is 17.6 Å². The fourth-order valence-electron chi connectivity index (χ4n) is 5.64. The number of nitriles is 1. The number of hydrogen-bond acceptors (Lipinski definition) is 9. The monoisotopic (exact) mass is 486 g/mol. The van der Waals surface area contributed by atoms with Crippen LogP contribution in [0.25, 0.3) is 10.9 Å². The topological polar surface area (TPSA) is 106 Å². The first-order chi connectivity index (χ1) is 17.7. The molecule has 2 aliphatic heterocycles. The Hall–Kier alpha value is -3.51. The lowest BCUT2D eigenvalue weighted by Gasteiger charge is -2.31. The number of benzene rings is 1. The second-order valence-electron chi connectivity index (χ2n) is 9.83. The molecule has 9 heteroatoms. The van der Waals surface area contributed by atoms with Gasteiger partial charge in [-0.25, -0.2) is 19.9 Å². The third-order valence-corrected chi connectivity index (χ3v) is 7.44. The molecule has 4 heterocycles. The highest BCUT2D eigenvalue weighted by Crippen LogP contribution is 2.37. The Morgan fingerprint density at radius 3 is 2.72 bits per heavy atom. The van der Waals surface area contributed by atoms with Gasteiger partial charge in [-0.3, -0.25) is 0 Å². The SMILES string of the molecule is Cc1nc2c(c(CC3CCC(Oc4cc(N5CCOCC5)cc5ncnc(C#N)c45)CC3)n1)OCC2. The average molecular weight is 487 g/mol. The number of rotatable bonds is 5. The Kier molecular flexibility index (Phi) is 6.28. The summed E-state index contributed by atoms with van der Waals surface area (Å²) in [4.78, 5) is 20.2. The van der Waals surface area contributed by atoms with Crippen molar-refractivity contribution < 1.29 is 14.2 Å². The second kappa shape index (κ2) is 9.86. The van der Waals surface area contributed by atoms with E-state index in [1.807, 2.05) is 19.1 Å². The lowest BCUT2D eigenvalue weighted by Crippen LogP contribution is -2.36. The molecule has 0 unspecified atom stereocenters. The van der Waals surface area contributed by atoms with E-state index in [0.29, 0.717) is 42.6 Å². The summed E-state index contributed by atoms with van der Waals surface area (Å²) >= 11 is 0. The molecule has 0 bridgehead atoms. The first-order valence-corrected chi connectivity index (χ1v) is 12.9. The zero-order chi connectivity index (χ0) is 24.5. The van der Waals surface area contributed by atoms with Crippen molar-refractivity contribution in [1.82, 2.24) is 19.9 Å². The van der Waals surface area contributed by atoms with Crippen LogP contribution in [0.15, 0.2) is 18.5 Å².